The van der Waals surface area contributed by atoms with Gasteiger partial charge in [0, 0.05) is 10.6 Å². The monoisotopic (exact) mass is 212 g/mol. The van der Waals surface area contributed by atoms with Crippen molar-refractivity contribution >= 4 is 24.4 Å². The molecule has 0 amide bonds. The molecule has 0 spiro atoms. The summed E-state index contributed by atoms with van der Waals surface area (Å²) in [7, 11) is 0. The normalized spacial score (nSPS) is 12.8. The summed E-state index contributed by atoms with van der Waals surface area (Å²) in [6.07, 6.45) is 0. The molecule has 0 aromatic heterocycles. The first-order valence-corrected chi connectivity index (χ1v) is 6.14. The molecule has 0 aliphatic rings. The topological polar surface area (TPSA) is 0 Å². The second kappa shape index (κ2) is 5.61. The molecule has 13 heavy (non-hydrogen) atoms. The Kier molecular flexibility index (Phi) is 4.74. The lowest BCUT2D eigenvalue weighted by Crippen LogP contribution is -1.98. The summed E-state index contributed by atoms with van der Waals surface area (Å²) in [4.78, 5) is 1.36. The average molecular weight is 212 g/mol. The highest BCUT2D eigenvalue weighted by atomic mass is 32.2. The molecule has 1 aromatic rings. The fourth-order valence-electron chi connectivity index (χ4n) is 0.926. The summed E-state index contributed by atoms with van der Waals surface area (Å²) in [5.74, 6) is 2.82. The van der Waals surface area contributed by atoms with E-state index >= 15 is 0 Å². The molecule has 0 N–H and O–H groups in total. The van der Waals surface area contributed by atoms with Gasteiger partial charge < -0.3 is 0 Å². The fraction of sp³-hybridized carbons (Fsp3) is 0.455. The Morgan fingerprint density at radius 2 is 1.92 bits per heavy atom. The fourth-order valence-corrected chi connectivity index (χ4v) is 2.15. The van der Waals surface area contributed by atoms with E-state index in [0.29, 0.717) is 5.92 Å². The van der Waals surface area contributed by atoms with Crippen LogP contribution in [0.2, 0.25) is 0 Å². The molecule has 1 atom stereocenters. The summed E-state index contributed by atoms with van der Waals surface area (Å²) in [6, 6.07) is 8.69. The predicted molar refractivity (Wildman–Crippen MR) is 64.9 cm³/mol. The van der Waals surface area contributed by atoms with Gasteiger partial charge in [-0.2, -0.15) is 12.6 Å². The van der Waals surface area contributed by atoms with Crippen molar-refractivity contribution < 1.29 is 0 Å². The lowest BCUT2D eigenvalue weighted by molar-refractivity contribution is 0.767. The van der Waals surface area contributed by atoms with Crippen LogP contribution in [0, 0.1) is 12.8 Å². The first-order valence-electron chi connectivity index (χ1n) is 4.52. The van der Waals surface area contributed by atoms with Crippen molar-refractivity contribution in [3.8, 4) is 0 Å². The maximum atomic E-state index is 4.26. The minimum Gasteiger partial charge on any atom is -0.179 e. The molecular formula is C11H16S2. The zero-order chi connectivity index (χ0) is 9.68. The van der Waals surface area contributed by atoms with E-state index in [1.165, 1.54) is 10.5 Å². The molecule has 0 bridgehead atoms. The molecule has 1 aromatic carbocycles. The Balaban J connectivity index is 2.41. The number of thioether (sulfide) groups is 1. The molecule has 2 heteroatoms. The first-order chi connectivity index (χ1) is 6.22. The quantitative estimate of drug-likeness (QED) is 0.587. The van der Waals surface area contributed by atoms with E-state index in [9.17, 15) is 0 Å². The smallest absolute Gasteiger partial charge is 0.00722 e. The van der Waals surface area contributed by atoms with E-state index in [4.69, 9.17) is 0 Å². The standard InChI is InChI=1S/C11H16S2/c1-9-3-5-11(6-4-9)13-8-10(2)7-12/h3-6,10,12H,7-8H2,1-2H3. The third kappa shape index (κ3) is 4.10. The van der Waals surface area contributed by atoms with Crippen molar-refractivity contribution in [1.82, 2.24) is 0 Å². The Hall–Kier alpha value is -0.0800. The Labute approximate surface area is 90.5 Å². The van der Waals surface area contributed by atoms with E-state index in [1.54, 1.807) is 0 Å². The van der Waals surface area contributed by atoms with Crippen LogP contribution in [0.1, 0.15) is 12.5 Å². The van der Waals surface area contributed by atoms with Gasteiger partial charge >= 0.3 is 0 Å². The van der Waals surface area contributed by atoms with Gasteiger partial charge in [-0.3, -0.25) is 0 Å². The van der Waals surface area contributed by atoms with Gasteiger partial charge in [0.15, 0.2) is 0 Å². The molecule has 0 saturated heterocycles. The lowest BCUT2D eigenvalue weighted by Gasteiger charge is -2.06. The molecule has 1 rings (SSSR count). The van der Waals surface area contributed by atoms with Gasteiger partial charge in [-0.25, -0.2) is 0 Å². The van der Waals surface area contributed by atoms with E-state index in [-0.39, 0.29) is 0 Å². The van der Waals surface area contributed by atoms with Crippen molar-refractivity contribution in [3.63, 3.8) is 0 Å². The number of hydrogen-bond acceptors (Lipinski definition) is 2. The predicted octanol–water partition coefficient (Wildman–Crippen LogP) is 3.65. The summed E-state index contributed by atoms with van der Waals surface area (Å²) < 4.78 is 0. The molecule has 0 heterocycles. The van der Waals surface area contributed by atoms with Crippen LogP contribution in [0.25, 0.3) is 0 Å². The first kappa shape index (κ1) is 11.0. The highest BCUT2D eigenvalue weighted by molar-refractivity contribution is 7.99. The SMILES string of the molecule is Cc1ccc(SCC(C)CS)cc1. The number of rotatable bonds is 4. The van der Waals surface area contributed by atoms with Gasteiger partial charge in [0.1, 0.15) is 0 Å². The van der Waals surface area contributed by atoms with E-state index in [2.05, 4.69) is 50.7 Å². The van der Waals surface area contributed by atoms with Crippen LogP contribution < -0.4 is 0 Å². The average Bonchev–Trinajstić information content (AvgIpc) is 2.16. The summed E-state index contributed by atoms with van der Waals surface area (Å²) in [5.41, 5.74) is 1.33. The molecule has 0 fully saturated rings. The summed E-state index contributed by atoms with van der Waals surface area (Å²) >= 11 is 6.18. The molecular weight excluding hydrogens is 196 g/mol. The molecule has 0 nitrogen and oxygen atoms in total. The van der Waals surface area contributed by atoms with Crippen molar-refractivity contribution in [1.29, 1.82) is 0 Å². The van der Waals surface area contributed by atoms with Gasteiger partial charge in [0.25, 0.3) is 0 Å². The van der Waals surface area contributed by atoms with Gasteiger partial charge in [-0.05, 0) is 30.7 Å². The van der Waals surface area contributed by atoms with Crippen LogP contribution >= 0.6 is 24.4 Å². The van der Waals surface area contributed by atoms with Gasteiger partial charge in [0.2, 0.25) is 0 Å². The minimum absolute atomic E-state index is 0.689. The van der Waals surface area contributed by atoms with Gasteiger partial charge in [-0.15, -0.1) is 11.8 Å². The highest BCUT2D eigenvalue weighted by Crippen LogP contribution is 2.21. The van der Waals surface area contributed by atoms with Crippen LogP contribution in [0.4, 0.5) is 0 Å². The Morgan fingerprint density at radius 3 is 2.46 bits per heavy atom. The number of thiol groups is 1. The van der Waals surface area contributed by atoms with Crippen molar-refractivity contribution in [2.45, 2.75) is 18.7 Å². The summed E-state index contributed by atoms with van der Waals surface area (Å²) in [5, 5.41) is 0. The zero-order valence-corrected chi connectivity index (χ0v) is 9.87. The van der Waals surface area contributed by atoms with Crippen LogP contribution in [-0.4, -0.2) is 11.5 Å². The third-order valence-corrected chi connectivity index (χ3v) is 3.83. The number of aryl methyl sites for hydroxylation is 1. The van der Waals surface area contributed by atoms with E-state index < -0.39 is 0 Å². The van der Waals surface area contributed by atoms with Crippen LogP contribution in [-0.2, 0) is 0 Å². The Bertz CT molecular complexity index is 241. The van der Waals surface area contributed by atoms with Crippen LogP contribution in [0.5, 0.6) is 0 Å². The largest absolute Gasteiger partial charge is 0.179 e. The second-order valence-electron chi connectivity index (χ2n) is 3.41. The van der Waals surface area contributed by atoms with Crippen LogP contribution in [0.15, 0.2) is 29.2 Å². The molecule has 1 unspecified atom stereocenters. The maximum Gasteiger partial charge on any atom is 0.00722 e. The summed E-state index contributed by atoms with van der Waals surface area (Å²) in [6.45, 7) is 4.35. The molecule has 0 aliphatic carbocycles. The van der Waals surface area contributed by atoms with E-state index in [0.717, 1.165) is 11.5 Å². The third-order valence-electron chi connectivity index (χ3n) is 1.87. The maximum absolute atomic E-state index is 4.26. The molecule has 0 saturated carbocycles. The van der Waals surface area contributed by atoms with Gasteiger partial charge in [0.05, 0.1) is 0 Å². The number of hydrogen-bond donors (Lipinski definition) is 1. The van der Waals surface area contributed by atoms with Crippen molar-refractivity contribution in [2.24, 2.45) is 5.92 Å². The second-order valence-corrected chi connectivity index (χ2v) is 4.87. The molecule has 72 valence electrons. The zero-order valence-electron chi connectivity index (χ0n) is 8.16. The lowest BCUT2D eigenvalue weighted by atomic mass is 10.2. The highest BCUT2D eigenvalue weighted by Gasteiger charge is 2.00. The van der Waals surface area contributed by atoms with E-state index in [1.807, 2.05) is 11.8 Å². The Morgan fingerprint density at radius 1 is 1.31 bits per heavy atom. The molecule has 0 radical (unpaired) electrons. The van der Waals surface area contributed by atoms with Crippen molar-refractivity contribution in [2.75, 3.05) is 11.5 Å². The van der Waals surface area contributed by atoms with Crippen LogP contribution in [0.3, 0.4) is 0 Å². The molecule has 0 aliphatic heterocycles. The minimum atomic E-state index is 0.689. The van der Waals surface area contributed by atoms with Gasteiger partial charge in [-0.1, -0.05) is 24.6 Å². The van der Waals surface area contributed by atoms with Crippen molar-refractivity contribution in [3.05, 3.63) is 29.8 Å². The number of benzene rings is 1.